The zero-order chi connectivity index (χ0) is 31.1. The monoisotopic (exact) mass is 631 g/mol. The minimum Gasteiger partial charge on any atom is -0.461 e. The van der Waals surface area contributed by atoms with Crippen LogP contribution in [0.3, 0.4) is 0 Å². The Morgan fingerprint density at radius 2 is 1.89 bits per heavy atom. The number of aliphatic hydroxyl groups is 1. The lowest BCUT2D eigenvalue weighted by molar-refractivity contribution is -0.0167. The normalized spacial score (nSPS) is 22.2. The second kappa shape index (κ2) is 12.4. The second-order valence-electron chi connectivity index (χ2n) is 12.8. The van der Waals surface area contributed by atoms with E-state index in [1.807, 2.05) is 12.1 Å². The molecule has 4 aliphatic rings. The van der Waals surface area contributed by atoms with Gasteiger partial charge in [0, 0.05) is 48.9 Å². The molecular weight excluding hydrogens is 593 g/mol. The fourth-order valence-corrected chi connectivity index (χ4v) is 8.25. The number of hydrogen-bond donors (Lipinski definition) is 1. The fourth-order valence-electron chi connectivity index (χ4n) is 7.97. The van der Waals surface area contributed by atoms with Crippen molar-refractivity contribution in [3.8, 4) is 12.1 Å². The Morgan fingerprint density at radius 3 is 2.64 bits per heavy atom. The molecule has 0 spiro atoms. The summed E-state index contributed by atoms with van der Waals surface area (Å²) in [6.07, 6.45) is 4.04. The topological polar surface area (TPSA) is 92.0 Å². The molecule has 2 atom stereocenters. The summed E-state index contributed by atoms with van der Waals surface area (Å²) in [6, 6.07) is 14.4. The third-order valence-corrected chi connectivity index (χ3v) is 10.5. The van der Waals surface area contributed by atoms with Gasteiger partial charge in [-0.1, -0.05) is 42.4 Å². The van der Waals surface area contributed by atoms with Gasteiger partial charge in [-0.25, -0.2) is 4.39 Å². The van der Waals surface area contributed by atoms with Crippen LogP contribution in [0.5, 0.6) is 6.01 Å². The number of fused-ring (bicyclic) bond motifs is 3. The quantitative estimate of drug-likeness (QED) is 0.366. The standard InChI is InChI=1S/C34H39ClFN7O2/c1-23(36)32(44)43-19-18-41(20-25(43)10-14-37)31-26-11-17-40(29-9-3-7-24-6-2-8-27(35)30(24)29)21-28(26)38-33(39-31)45-22-34-12-4-15-42(34)16-5-13-34/h2-3,6-9,25,32,44H,1,4-5,10-13,15-22H2/t25-,32?/m0/s1. The third kappa shape index (κ3) is 5.61. The minimum atomic E-state index is -1.44. The minimum absolute atomic E-state index is 0.0551. The number of benzene rings is 2. The number of rotatable bonds is 8. The predicted octanol–water partition coefficient (Wildman–Crippen LogP) is 5.06. The Kier molecular flexibility index (Phi) is 8.29. The van der Waals surface area contributed by atoms with Gasteiger partial charge >= 0.3 is 6.01 Å². The summed E-state index contributed by atoms with van der Waals surface area (Å²) < 4.78 is 20.5. The molecule has 11 heteroatoms. The van der Waals surface area contributed by atoms with Crippen LogP contribution in [0.1, 0.15) is 43.4 Å². The molecule has 45 heavy (non-hydrogen) atoms. The van der Waals surface area contributed by atoms with E-state index in [1.165, 1.54) is 12.8 Å². The number of hydrogen-bond acceptors (Lipinski definition) is 9. The van der Waals surface area contributed by atoms with Crippen LogP contribution < -0.4 is 14.5 Å². The molecule has 4 aliphatic heterocycles. The third-order valence-electron chi connectivity index (χ3n) is 10.2. The van der Waals surface area contributed by atoms with Gasteiger partial charge in [0.2, 0.25) is 0 Å². The zero-order valence-electron chi connectivity index (χ0n) is 25.5. The molecule has 2 aromatic carbocycles. The highest BCUT2D eigenvalue weighted by molar-refractivity contribution is 6.36. The van der Waals surface area contributed by atoms with Gasteiger partial charge in [-0.3, -0.25) is 9.80 Å². The van der Waals surface area contributed by atoms with Gasteiger partial charge < -0.3 is 19.6 Å². The molecule has 1 aromatic heterocycles. The van der Waals surface area contributed by atoms with Crippen molar-refractivity contribution in [2.24, 2.45) is 0 Å². The maximum atomic E-state index is 14.0. The Bertz CT molecular complexity index is 1630. The second-order valence-corrected chi connectivity index (χ2v) is 13.2. The van der Waals surface area contributed by atoms with Crippen LogP contribution in [0.25, 0.3) is 10.8 Å². The van der Waals surface area contributed by atoms with Crippen LogP contribution in [0, 0.1) is 11.3 Å². The van der Waals surface area contributed by atoms with Gasteiger partial charge in [0.15, 0.2) is 6.23 Å². The van der Waals surface area contributed by atoms with Crippen molar-refractivity contribution in [1.82, 2.24) is 19.8 Å². The molecule has 0 saturated carbocycles. The van der Waals surface area contributed by atoms with E-state index in [1.54, 1.807) is 4.90 Å². The average Bonchev–Trinajstić information content (AvgIpc) is 3.63. The van der Waals surface area contributed by atoms with Gasteiger partial charge in [-0.15, -0.1) is 0 Å². The van der Waals surface area contributed by atoms with Crippen LogP contribution in [0.4, 0.5) is 15.9 Å². The van der Waals surface area contributed by atoms with Gasteiger partial charge in [0.1, 0.15) is 18.3 Å². The van der Waals surface area contributed by atoms with Crippen LogP contribution in [0.15, 0.2) is 48.8 Å². The smallest absolute Gasteiger partial charge is 0.318 e. The van der Waals surface area contributed by atoms with Crippen LogP contribution in [0.2, 0.25) is 5.02 Å². The molecule has 1 unspecified atom stereocenters. The lowest BCUT2D eigenvalue weighted by atomic mass is 9.95. The Balaban J connectivity index is 1.23. The van der Waals surface area contributed by atoms with E-state index in [9.17, 15) is 14.8 Å². The summed E-state index contributed by atoms with van der Waals surface area (Å²) in [5.74, 6) is -0.0173. The van der Waals surface area contributed by atoms with E-state index in [2.05, 4.69) is 51.6 Å². The number of aromatic nitrogens is 2. The maximum Gasteiger partial charge on any atom is 0.318 e. The van der Waals surface area contributed by atoms with E-state index in [0.717, 1.165) is 77.5 Å². The molecule has 0 aliphatic carbocycles. The molecule has 5 heterocycles. The van der Waals surface area contributed by atoms with Gasteiger partial charge in [-0.2, -0.15) is 15.2 Å². The van der Waals surface area contributed by atoms with Crippen LogP contribution >= 0.6 is 11.6 Å². The van der Waals surface area contributed by atoms with Crippen LogP contribution in [-0.2, 0) is 13.0 Å². The summed E-state index contributed by atoms with van der Waals surface area (Å²) >= 11 is 6.72. The Labute approximate surface area is 268 Å². The molecule has 3 fully saturated rings. The number of aliphatic hydroxyl groups excluding tert-OH is 1. The average molecular weight is 632 g/mol. The van der Waals surface area contributed by atoms with Gasteiger partial charge in [0.25, 0.3) is 0 Å². The molecule has 0 bridgehead atoms. The molecule has 0 amide bonds. The molecule has 0 radical (unpaired) electrons. The number of piperazine rings is 1. The van der Waals surface area contributed by atoms with E-state index < -0.39 is 12.1 Å². The maximum absolute atomic E-state index is 14.0. The number of nitrogens with zero attached hydrogens (tertiary/aromatic N) is 7. The molecule has 7 rings (SSSR count). The first kappa shape index (κ1) is 30.2. The molecule has 3 saturated heterocycles. The highest BCUT2D eigenvalue weighted by Gasteiger charge is 2.45. The lowest BCUT2D eigenvalue weighted by Gasteiger charge is -2.43. The van der Waals surface area contributed by atoms with Crippen molar-refractivity contribution in [3.63, 3.8) is 0 Å². The molecule has 1 N–H and O–H groups in total. The number of nitriles is 1. The van der Waals surface area contributed by atoms with Crippen molar-refractivity contribution in [2.75, 3.05) is 55.7 Å². The van der Waals surface area contributed by atoms with E-state index in [4.69, 9.17) is 26.3 Å². The first-order valence-corrected chi connectivity index (χ1v) is 16.3. The van der Waals surface area contributed by atoms with Crippen molar-refractivity contribution < 1.29 is 14.2 Å². The van der Waals surface area contributed by atoms with Crippen LogP contribution in [-0.4, -0.2) is 88.6 Å². The lowest BCUT2D eigenvalue weighted by Crippen LogP contribution is -2.57. The summed E-state index contributed by atoms with van der Waals surface area (Å²) in [5.41, 5.74) is 3.10. The molecular formula is C34H39ClFN7O2. The summed E-state index contributed by atoms with van der Waals surface area (Å²) in [6.45, 7) is 8.71. The molecule has 9 nitrogen and oxygen atoms in total. The predicted molar refractivity (Wildman–Crippen MR) is 173 cm³/mol. The highest BCUT2D eigenvalue weighted by atomic mass is 35.5. The first-order valence-electron chi connectivity index (χ1n) is 16.0. The fraction of sp³-hybridized carbons (Fsp3) is 0.500. The zero-order valence-corrected chi connectivity index (χ0v) is 26.2. The highest BCUT2D eigenvalue weighted by Crippen LogP contribution is 2.40. The largest absolute Gasteiger partial charge is 0.461 e. The number of ether oxygens (including phenoxy) is 1. The Morgan fingerprint density at radius 1 is 1.11 bits per heavy atom. The van der Waals surface area contributed by atoms with Gasteiger partial charge in [-0.05, 0) is 62.7 Å². The number of halogens is 2. The van der Waals surface area contributed by atoms with E-state index >= 15 is 0 Å². The van der Waals surface area contributed by atoms with Crippen molar-refractivity contribution in [2.45, 2.75) is 62.9 Å². The van der Waals surface area contributed by atoms with E-state index in [-0.39, 0.29) is 18.0 Å². The summed E-state index contributed by atoms with van der Waals surface area (Å²) in [7, 11) is 0. The van der Waals surface area contributed by atoms with Gasteiger partial charge in [0.05, 0.1) is 35.3 Å². The van der Waals surface area contributed by atoms with Crippen molar-refractivity contribution >= 4 is 33.9 Å². The van der Waals surface area contributed by atoms with Crippen molar-refractivity contribution in [3.05, 3.63) is 65.1 Å². The van der Waals surface area contributed by atoms with Crippen molar-refractivity contribution in [1.29, 1.82) is 5.26 Å². The summed E-state index contributed by atoms with van der Waals surface area (Å²) in [5, 5.41) is 22.9. The van der Waals surface area contributed by atoms with E-state index in [0.29, 0.717) is 38.8 Å². The molecule has 236 valence electrons. The summed E-state index contributed by atoms with van der Waals surface area (Å²) in [4.78, 5) is 18.7. The first-order chi connectivity index (χ1) is 21.9. The number of anilines is 2. The Hall–Kier alpha value is -3.49. The SMILES string of the molecule is C=C(F)C(O)N1CCN(c2nc(OCC34CCCN3CCC4)nc3c2CCN(c2cccc4cccc(Cl)c24)C3)C[C@@H]1CC#N. The molecule has 3 aromatic rings.